The van der Waals surface area contributed by atoms with Crippen LogP contribution < -0.4 is 5.46 Å². The summed E-state index contributed by atoms with van der Waals surface area (Å²) in [6, 6.07) is 4.28. The molecule has 1 unspecified atom stereocenters. The van der Waals surface area contributed by atoms with E-state index in [9.17, 15) is 9.41 Å². The molecule has 0 radical (unpaired) electrons. The zero-order valence-corrected chi connectivity index (χ0v) is 19.5. The zero-order valence-electron chi connectivity index (χ0n) is 15.7. The first-order valence-electron chi connectivity index (χ1n) is 8.81. The molecule has 4 rings (SSSR count). The van der Waals surface area contributed by atoms with Gasteiger partial charge in [0.25, 0.3) is 0 Å². The van der Waals surface area contributed by atoms with Gasteiger partial charge in [-0.25, -0.2) is 4.39 Å². The monoisotopic (exact) mass is 560 g/mol. The zero-order chi connectivity index (χ0) is 20.4. The number of aromatic nitrogens is 4. The number of rotatable bonds is 3. The summed E-state index contributed by atoms with van der Waals surface area (Å²) in [6.07, 6.45) is 4.48. The van der Waals surface area contributed by atoms with E-state index < -0.39 is 7.12 Å². The van der Waals surface area contributed by atoms with Gasteiger partial charge in [0.2, 0.25) is 0 Å². The molecule has 0 amide bonds. The number of hydrogen-bond donors (Lipinski definition) is 1. The number of nitrogens with zero attached hydrogens (tertiary/aromatic N) is 4. The van der Waals surface area contributed by atoms with Crippen LogP contribution in [0.15, 0.2) is 35.2 Å². The average Bonchev–Trinajstić information content (AvgIpc) is 3.28. The van der Waals surface area contributed by atoms with E-state index >= 15 is 0 Å². The lowest BCUT2D eigenvalue weighted by molar-refractivity contribution is 0.208. The summed E-state index contributed by atoms with van der Waals surface area (Å²) in [5, 5.41) is 17.8. The van der Waals surface area contributed by atoms with E-state index in [4.69, 9.17) is 4.65 Å². The Kier molecular flexibility index (Phi) is 6.95. The maximum atomic E-state index is 12.7. The van der Waals surface area contributed by atoms with Crippen molar-refractivity contribution in [1.29, 1.82) is 0 Å². The summed E-state index contributed by atoms with van der Waals surface area (Å²) in [7, 11) is 1.03. The molecule has 1 N–H and O–H groups in total. The minimum Gasteiger partial charge on any atom is -0.423 e. The van der Waals surface area contributed by atoms with Gasteiger partial charge in [-0.2, -0.15) is 10.2 Å². The van der Waals surface area contributed by atoms with E-state index in [-0.39, 0.29) is 11.9 Å². The Morgan fingerprint density at radius 3 is 2.64 bits per heavy atom. The molecule has 1 atom stereocenters. The molecule has 10 heteroatoms. The highest BCUT2D eigenvalue weighted by molar-refractivity contribution is 14.1. The van der Waals surface area contributed by atoms with Crippen molar-refractivity contribution >= 4 is 51.1 Å². The van der Waals surface area contributed by atoms with Crippen LogP contribution in [0, 0.1) is 9.52 Å². The molecule has 3 heterocycles. The number of aryl methyl sites for hydroxylation is 2. The molecule has 0 spiro atoms. The molecular formula is C18H20BBrFIN4O2. The first-order valence-corrected chi connectivity index (χ1v) is 10.7. The first-order chi connectivity index (χ1) is 13.3. The van der Waals surface area contributed by atoms with Crippen LogP contribution in [-0.4, -0.2) is 31.7 Å². The van der Waals surface area contributed by atoms with Crippen LogP contribution >= 0.6 is 38.5 Å². The van der Waals surface area contributed by atoms with E-state index in [1.54, 1.807) is 13.0 Å². The predicted octanol–water partition coefficient (Wildman–Crippen LogP) is 3.20. The maximum Gasteiger partial charge on any atom is 0.491 e. The molecule has 6 nitrogen and oxygen atoms in total. The molecular weight excluding hydrogens is 541 g/mol. The van der Waals surface area contributed by atoms with Gasteiger partial charge in [-0.3, -0.25) is 9.36 Å². The Morgan fingerprint density at radius 1 is 1.32 bits per heavy atom. The molecule has 1 aromatic carbocycles. The fraction of sp³-hybridized carbons (Fsp3) is 0.333. The van der Waals surface area contributed by atoms with E-state index in [0.717, 1.165) is 23.1 Å². The molecule has 1 aliphatic heterocycles. The summed E-state index contributed by atoms with van der Waals surface area (Å²) in [5.41, 5.74) is 3.85. The van der Waals surface area contributed by atoms with Crippen molar-refractivity contribution in [2.75, 3.05) is 0 Å². The van der Waals surface area contributed by atoms with E-state index in [1.165, 1.54) is 27.0 Å². The molecule has 0 fully saturated rings. The Bertz CT molecular complexity index is 981. The smallest absolute Gasteiger partial charge is 0.423 e. The van der Waals surface area contributed by atoms with E-state index in [0.29, 0.717) is 5.46 Å². The highest BCUT2D eigenvalue weighted by Crippen LogP contribution is 2.23. The summed E-state index contributed by atoms with van der Waals surface area (Å²) < 4.78 is 23.9. The third-order valence-electron chi connectivity index (χ3n) is 4.55. The maximum absolute atomic E-state index is 12.7. The van der Waals surface area contributed by atoms with Gasteiger partial charge in [0.05, 0.1) is 18.5 Å². The van der Waals surface area contributed by atoms with Crippen LogP contribution in [0.2, 0.25) is 0 Å². The molecule has 1 aliphatic rings. The van der Waals surface area contributed by atoms with Gasteiger partial charge in [0.1, 0.15) is 14.1 Å². The van der Waals surface area contributed by atoms with Gasteiger partial charge in [-0.05, 0) is 75.5 Å². The average molecular weight is 561 g/mol. The molecule has 2 aromatic heterocycles. The van der Waals surface area contributed by atoms with Crippen LogP contribution in [0.4, 0.5) is 4.39 Å². The highest BCUT2D eigenvalue weighted by atomic mass is 127. The highest BCUT2D eigenvalue weighted by Gasteiger charge is 2.32. The summed E-state index contributed by atoms with van der Waals surface area (Å²) >= 11 is 5.87. The molecule has 28 heavy (non-hydrogen) atoms. The van der Waals surface area contributed by atoms with Crippen molar-refractivity contribution in [3.63, 3.8) is 0 Å². The normalized spacial score (nSPS) is 15.4. The largest absolute Gasteiger partial charge is 0.491 e. The minimum atomic E-state index is -0.893. The lowest BCUT2D eigenvalue weighted by Gasteiger charge is -2.02. The lowest BCUT2D eigenvalue weighted by Crippen LogP contribution is -2.27. The van der Waals surface area contributed by atoms with Gasteiger partial charge >= 0.3 is 7.12 Å². The topological polar surface area (TPSA) is 65.1 Å². The quantitative estimate of drug-likeness (QED) is 0.395. The van der Waals surface area contributed by atoms with Gasteiger partial charge in [0.15, 0.2) is 0 Å². The van der Waals surface area contributed by atoms with Crippen molar-refractivity contribution in [3.8, 4) is 0 Å². The van der Waals surface area contributed by atoms with Crippen LogP contribution in [0.1, 0.15) is 36.6 Å². The van der Waals surface area contributed by atoms with E-state index in [1.807, 2.05) is 28.8 Å². The Labute approximate surface area is 185 Å². The second-order valence-electron chi connectivity index (χ2n) is 6.44. The molecule has 3 aromatic rings. The van der Waals surface area contributed by atoms with Crippen molar-refractivity contribution in [1.82, 2.24) is 19.6 Å². The molecule has 0 saturated heterocycles. The Hall–Kier alpha value is -1.24. The van der Waals surface area contributed by atoms with Gasteiger partial charge in [0, 0.05) is 31.1 Å². The van der Waals surface area contributed by atoms with Crippen LogP contribution in [0.5, 0.6) is 0 Å². The number of benzene rings is 1. The molecule has 0 bridgehead atoms. The first kappa shape index (κ1) is 21.5. The second-order valence-corrected chi connectivity index (χ2v) is 8.21. The van der Waals surface area contributed by atoms with Crippen LogP contribution in [-0.2, 0) is 24.7 Å². The summed E-state index contributed by atoms with van der Waals surface area (Å²) in [4.78, 5) is 0. The number of hydrogen-bond acceptors (Lipinski definition) is 4. The number of halogens is 3. The SMILES string of the molecule is CC1OB(O)c2ccc(F)cc21.CCn1ncc(Cc2cnn(C)c2Br)c1I. The van der Waals surface area contributed by atoms with Crippen molar-refractivity contribution < 1.29 is 14.1 Å². The van der Waals surface area contributed by atoms with Crippen molar-refractivity contribution in [2.24, 2.45) is 7.05 Å². The Balaban J connectivity index is 0.000000167. The lowest BCUT2D eigenvalue weighted by atomic mass is 9.79. The molecule has 148 valence electrons. The second kappa shape index (κ2) is 9.06. The van der Waals surface area contributed by atoms with Crippen molar-refractivity contribution in [3.05, 3.63) is 61.4 Å². The van der Waals surface area contributed by atoms with Gasteiger partial charge < -0.3 is 9.68 Å². The van der Waals surface area contributed by atoms with Gasteiger partial charge in [-0.1, -0.05) is 6.07 Å². The fourth-order valence-electron chi connectivity index (χ4n) is 3.00. The molecule has 0 saturated carbocycles. The third-order valence-corrected chi connectivity index (χ3v) is 6.82. The fourth-order valence-corrected chi connectivity index (χ4v) is 4.13. The van der Waals surface area contributed by atoms with Crippen LogP contribution in [0.3, 0.4) is 0 Å². The standard InChI is InChI=1S/C10H12BrIN4.C8H8BFO2/c1-3-16-10(12)8(6-14-16)4-7-5-13-15(2)9(7)11;1-5-7-4-6(10)2-3-8(7)9(11)12-5/h5-6H,3-4H2,1-2H3;2-5,11H,1H3. The minimum absolute atomic E-state index is 0.217. The van der Waals surface area contributed by atoms with Crippen molar-refractivity contribution in [2.45, 2.75) is 32.9 Å². The Morgan fingerprint density at radius 2 is 2.04 bits per heavy atom. The van der Waals surface area contributed by atoms with E-state index in [2.05, 4.69) is 55.6 Å². The molecule has 0 aliphatic carbocycles. The predicted molar refractivity (Wildman–Crippen MR) is 118 cm³/mol. The summed E-state index contributed by atoms with van der Waals surface area (Å²) in [6.45, 7) is 4.79. The summed E-state index contributed by atoms with van der Waals surface area (Å²) in [5.74, 6) is -0.293. The van der Waals surface area contributed by atoms with Gasteiger partial charge in [-0.15, -0.1) is 0 Å². The number of fused-ring (bicyclic) bond motifs is 1. The van der Waals surface area contributed by atoms with Crippen LogP contribution in [0.25, 0.3) is 0 Å². The third kappa shape index (κ3) is 4.50.